The summed E-state index contributed by atoms with van der Waals surface area (Å²) >= 11 is 0. The molecular formula is C19H22N3NaO10S3. The van der Waals surface area contributed by atoms with Crippen molar-refractivity contribution in [2.75, 3.05) is 18.9 Å². The largest absolute Gasteiger partial charge is 1.00 e. The Kier molecular flexibility index (Phi) is 14.6. The van der Waals surface area contributed by atoms with E-state index >= 15 is 0 Å². The van der Waals surface area contributed by atoms with Crippen LogP contribution in [0.4, 0.5) is 0 Å². The van der Waals surface area contributed by atoms with Crippen molar-refractivity contribution in [2.24, 2.45) is 0 Å². The summed E-state index contributed by atoms with van der Waals surface area (Å²) in [7, 11) is -2.13. The number of rotatable bonds is 14. The molecule has 2 heterocycles. The Morgan fingerprint density at radius 1 is 1.17 bits per heavy atom. The van der Waals surface area contributed by atoms with Crippen LogP contribution in [0.15, 0.2) is 29.4 Å². The van der Waals surface area contributed by atoms with E-state index in [4.69, 9.17) is 4.74 Å². The number of imide groups is 1. The predicted octanol–water partition coefficient (Wildman–Crippen LogP) is -2.82. The molecular weight excluding hydrogens is 549 g/mol. The van der Waals surface area contributed by atoms with E-state index in [2.05, 4.69) is 15.1 Å². The number of carbonyl (C=O) groups excluding carboxylic acids is 5. The number of amides is 3. The molecule has 0 bridgehead atoms. The topological polar surface area (TPSA) is 189 Å². The van der Waals surface area contributed by atoms with Gasteiger partial charge in [0.25, 0.3) is 11.8 Å². The minimum Gasteiger partial charge on any atom is -0.747 e. The van der Waals surface area contributed by atoms with Crippen molar-refractivity contribution >= 4 is 61.4 Å². The molecule has 1 aromatic rings. The van der Waals surface area contributed by atoms with E-state index in [1.807, 2.05) is 18.2 Å². The van der Waals surface area contributed by atoms with Gasteiger partial charge in [-0.2, -0.15) is 0 Å². The Morgan fingerprint density at radius 2 is 1.89 bits per heavy atom. The average Bonchev–Trinajstić information content (AvgIpc) is 3.09. The van der Waals surface area contributed by atoms with Gasteiger partial charge in [-0.1, -0.05) is 16.9 Å². The number of hydroxylamine groups is 2. The molecule has 0 spiro atoms. The van der Waals surface area contributed by atoms with Crippen LogP contribution in [0.5, 0.6) is 0 Å². The average molecular weight is 572 g/mol. The maximum atomic E-state index is 11.8. The number of hydrogen-bond acceptors (Lipinski definition) is 13. The molecule has 1 aliphatic heterocycles. The smallest absolute Gasteiger partial charge is 0.747 e. The maximum Gasteiger partial charge on any atom is 1.00 e. The van der Waals surface area contributed by atoms with Gasteiger partial charge in [0, 0.05) is 24.8 Å². The third-order valence-electron chi connectivity index (χ3n) is 4.28. The molecule has 36 heavy (non-hydrogen) atoms. The van der Waals surface area contributed by atoms with Crippen LogP contribution in [0.3, 0.4) is 0 Å². The zero-order chi connectivity index (χ0) is 25.8. The third kappa shape index (κ3) is 11.6. The summed E-state index contributed by atoms with van der Waals surface area (Å²) < 4.78 is 37.9. The fourth-order valence-electron chi connectivity index (χ4n) is 2.60. The molecule has 3 amide bonds. The molecule has 1 fully saturated rings. The molecule has 1 aromatic heterocycles. The normalized spacial score (nSPS) is 15.2. The molecule has 192 valence electrons. The third-order valence-corrected chi connectivity index (χ3v) is 7.57. The molecule has 0 radical (unpaired) electrons. The van der Waals surface area contributed by atoms with Gasteiger partial charge in [0.1, 0.15) is 33.5 Å². The number of aromatic nitrogens is 1. The van der Waals surface area contributed by atoms with Crippen molar-refractivity contribution in [3.63, 3.8) is 0 Å². The van der Waals surface area contributed by atoms with Gasteiger partial charge in [-0.05, 0) is 35.8 Å². The first kappa shape index (κ1) is 32.3. The molecule has 1 N–H and O–H groups in total. The summed E-state index contributed by atoms with van der Waals surface area (Å²) in [5, 5.41) is 1.10. The van der Waals surface area contributed by atoms with Crippen molar-refractivity contribution in [1.82, 2.24) is 15.4 Å². The number of pyridine rings is 1. The first-order valence-corrected chi connectivity index (χ1v) is 14.0. The van der Waals surface area contributed by atoms with Crippen LogP contribution in [0.25, 0.3) is 0 Å². The van der Waals surface area contributed by atoms with E-state index in [-0.39, 0.29) is 73.5 Å². The van der Waals surface area contributed by atoms with Gasteiger partial charge in [0.05, 0.1) is 6.42 Å². The molecule has 0 saturated carbocycles. The van der Waals surface area contributed by atoms with Crippen molar-refractivity contribution in [2.45, 2.75) is 42.4 Å². The summed E-state index contributed by atoms with van der Waals surface area (Å²) in [6.07, 6.45) is 0.907. The van der Waals surface area contributed by atoms with Crippen LogP contribution >= 0.6 is 21.6 Å². The fourth-order valence-corrected chi connectivity index (χ4v) is 5.00. The fraction of sp³-hybridized carbons (Fsp3) is 0.474. The standard InChI is InChI=1S/C19H23N3O10S3.Na/c23-14(21-12-18(26)31-9-10-33-34-15-6-3-4-8-20-15)5-1-2-7-17(25)32-22-16(24)11-13(19(22)27)35(28,29)30;/h3-4,6,8,13H,1-2,5,7,9-12H2,(H,21,23)(H,28,29,30);/q;+1/p-1. The van der Waals surface area contributed by atoms with Gasteiger partial charge in [-0.15, -0.1) is 5.06 Å². The molecule has 17 heteroatoms. The van der Waals surface area contributed by atoms with E-state index in [9.17, 15) is 36.9 Å². The van der Waals surface area contributed by atoms with Crippen LogP contribution in [0, 0.1) is 0 Å². The Balaban J connectivity index is 0.00000648. The molecule has 0 aromatic carbocycles. The molecule has 1 unspecified atom stereocenters. The van der Waals surface area contributed by atoms with Crippen LogP contribution in [0.1, 0.15) is 32.1 Å². The van der Waals surface area contributed by atoms with Crippen molar-refractivity contribution in [1.29, 1.82) is 0 Å². The van der Waals surface area contributed by atoms with Crippen molar-refractivity contribution < 1.29 is 76.1 Å². The van der Waals surface area contributed by atoms with Crippen LogP contribution in [0.2, 0.25) is 0 Å². The van der Waals surface area contributed by atoms with E-state index < -0.39 is 51.4 Å². The van der Waals surface area contributed by atoms with Gasteiger partial charge in [0.2, 0.25) is 5.91 Å². The first-order valence-electron chi connectivity index (χ1n) is 10.2. The van der Waals surface area contributed by atoms with E-state index in [1.54, 1.807) is 6.20 Å². The predicted molar refractivity (Wildman–Crippen MR) is 121 cm³/mol. The molecule has 1 atom stereocenters. The number of esters is 1. The van der Waals surface area contributed by atoms with Crippen LogP contribution < -0.4 is 34.9 Å². The van der Waals surface area contributed by atoms with Gasteiger partial charge in [-0.3, -0.25) is 19.2 Å². The second-order valence-corrected chi connectivity index (χ2v) is 10.9. The molecule has 2 rings (SSSR count). The van der Waals surface area contributed by atoms with Crippen molar-refractivity contribution in [3.8, 4) is 0 Å². The Labute approximate surface area is 237 Å². The Hall–Kier alpha value is -1.69. The van der Waals surface area contributed by atoms with Gasteiger partial charge in [0.15, 0.2) is 0 Å². The number of hydrogen-bond donors (Lipinski definition) is 1. The minimum absolute atomic E-state index is 0. The number of unbranched alkanes of at least 4 members (excludes halogenated alkanes) is 1. The Bertz CT molecular complexity index is 1040. The summed E-state index contributed by atoms with van der Waals surface area (Å²) in [4.78, 5) is 67.3. The maximum absolute atomic E-state index is 11.8. The number of carbonyl (C=O) groups is 5. The van der Waals surface area contributed by atoms with Gasteiger partial charge in [-0.25, -0.2) is 18.2 Å². The SMILES string of the molecule is O=C(CCCCC(=O)ON1C(=O)CC(S(=O)(=O)[O-])C1=O)NCC(=O)OCCSSc1ccccn1.[Na+]. The molecule has 13 nitrogen and oxygen atoms in total. The van der Waals surface area contributed by atoms with Crippen LogP contribution in [-0.4, -0.2) is 76.8 Å². The molecule has 1 saturated heterocycles. The first-order chi connectivity index (χ1) is 16.6. The second kappa shape index (κ2) is 16.2. The van der Waals surface area contributed by atoms with E-state index in [0.717, 1.165) is 5.03 Å². The summed E-state index contributed by atoms with van der Waals surface area (Å²) in [6, 6.07) is 5.54. The quantitative estimate of drug-likeness (QED) is 0.0601. The van der Waals surface area contributed by atoms with Gasteiger partial charge < -0.3 is 19.4 Å². The second-order valence-electron chi connectivity index (χ2n) is 6.95. The number of nitrogens with one attached hydrogen (secondary N) is 1. The summed E-state index contributed by atoms with van der Waals surface area (Å²) in [6.45, 7) is -0.132. The zero-order valence-corrected chi connectivity index (χ0v) is 23.7. The van der Waals surface area contributed by atoms with Crippen LogP contribution in [-0.2, 0) is 43.7 Å². The zero-order valence-electron chi connectivity index (χ0n) is 19.2. The van der Waals surface area contributed by atoms with E-state index in [1.165, 1.54) is 21.6 Å². The Morgan fingerprint density at radius 3 is 2.53 bits per heavy atom. The summed E-state index contributed by atoms with van der Waals surface area (Å²) in [5.41, 5.74) is 0. The summed E-state index contributed by atoms with van der Waals surface area (Å²) in [5.74, 6) is -4.01. The molecule has 0 aliphatic carbocycles. The van der Waals surface area contributed by atoms with E-state index in [0.29, 0.717) is 5.75 Å². The minimum atomic E-state index is -5.05. The number of ether oxygens (including phenoxy) is 1. The molecule has 1 aliphatic rings. The van der Waals surface area contributed by atoms with Crippen molar-refractivity contribution in [3.05, 3.63) is 24.4 Å². The monoisotopic (exact) mass is 571 g/mol. The van der Waals surface area contributed by atoms with Gasteiger partial charge >= 0.3 is 41.5 Å². The number of nitrogens with zero attached hydrogens (tertiary/aromatic N) is 2.